The zero-order valence-corrected chi connectivity index (χ0v) is 10.3. The van der Waals surface area contributed by atoms with Gasteiger partial charge in [-0.15, -0.1) is 0 Å². The lowest BCUT2D eigenvalue weighted by molar-refractivity contribution is -0.0494. The van der Waals surface area contributed by atoms with Crippen LogP contribution in [0.25, 0.3) is 11.0 Å². The standard InChI is InChI=1S/C13H12F2O4/c1-6(2)10-5-8-7(12(16)17)3-4-9(11(8)18-10)19-13(14)15/h3-6,13H,1-2H3,(H,16,17). The van der Waals surface area contributed by atoms with Crippen molar-refractivity contribution in [2.75, 3.05) is 0 Å². The van der Waals surface area contributed by atoms with Gasteiger partial charge < -0.3 is 14.3 Å². The van der Waals surface area contributed by atoms with Crippen LogP contribution in [0.3, 0.4) is 0 Å². The molecular formula is C13H12F2O4. The number of carboxylic acid groups (broad SMARTS) is 1. The molecule has 0 spiro atoms. The summed E-state index contributed by atoms with van der Waals surface area (Å²) in [7, 11) is 0. The summed E-state index contributed by atoms with van der Waals surface area (Å²) in [6.07, 6.45) is 0. The summed E-state index contributed by atoms with van der Waals surface area (Å²) < 4.78 is 34.4. The molecule has 1 aromatic heterocycles. The second-order valence-corrected chi connectivity index (χ2v) is 4.34. The summed E-state index contributed by atoms with van der Waals surface area (Å²) >= 11 is 0. The smallest absolute Gasteiger partial charge is 0.387 e. The van der Waals surface area contributed by atoms with Crippen molar-refractivity contribution in [1.82, 2.24) is 0 Å². The fourth-order valence-corrected chi connectivity index (χ4v) is 1.78. The molecule has 102 valence electrons. The molecule has 0 aliphatic rings. The van der Waals surface area contributed by atoms with Crippen LogP contribution in [-0.4, -0.2) is 17.7 Å². The highest BCUT2D eigenvalue weighted by molar-refractivity contribution is 6.04. The molecule has 0 saturated heterocycles. The monoisotopic (exact) mass is 270 g/mol. The van der Waals surface area contributed by atoms with E-state index < -0.39 is 12.6 Å². The van der Waals surface area contributed by atoms with E-state index in [2.05, 4.69) is 4.74 Å². The third-order valence-electron chi connectivity index (χ3n) is 2.68. The quantitative estimate of drug-likeness (QED) is 0.916. The van der Waals surface area contributed by atoms with Gasteiger partial charge in [-0.05, 0) is 18.2 Å². The molecule has 0 aliphatic heterocycles. The number of carboxylic acids is 1. The summed E-state index contributed by atoms with van der Waals surface area (Å²) in [4.78, 5) is 11.1. The van der Waals surface area contributed by atoms with Crippen molar-refractivity contribution in [2.45, 2.75) is 26.4 Å². The molecule has 0 unspecified atom stereocenters. The molecule has 0 bridgehead atoms. The van der Waals surface area contributed by atoms with Crippen molar-refractivity contribution >= 4 is 16.9 Å². The van der Waals surface area contributed by atoms with Gasteiger partial charge in [0.05, 0.1) is 5.56 Å². The van der Waals surface area contributed by atoms with Gasteiger partial charge in [0.1, 0.15) is 5.76 Å². The second kappa shape index (κ2) is 4.87. The number of rotatable bonds is 4. The molecule has 1 heterocycles. The van der Waals surface area contributed by atoms with E-state index >= 15 is 0 Å². The summed E-state index contributed by atoms with van der Waals surface area (Å²) in [6, 6.07) is 3.94. The van der Waals surface area contributed by atoms with E-state index in [1.165, 1.54) is 12.1 Å². The molecule has 0 radical (unpaired) electrons. The molecular weight excluding hydrogens is 258 g/mol. The Hall–Kier alpha value is -2.11. The number of furan rings is 1. The van der Waals surface area contributed by atoms with Crippen LogP contribution in [-0.2, 0) is 0 Å². The molecule has 4 nitrogen and oxygen atoms in total. The van der Waals surface area contributed by atoms with Gasteiger partial charge in [0.15, 0.2) is 11.3 Å². The zero-order valence-electron chi connectivity index (χ0n) is 10.3. The Kier molecular flexibility index (Phi) is 3.42. The number of benzene rings is 1. The summed E-state index contributed by atoms with van der Waals surface area (Å²) in [5, 5.41) is 9.33. The van der Waals surface area contributed by atoms with E-state index in [0.717, 1.165) is 0 Å². The van der Waals surface area contributed by atoms with E-state index in [1.54, 1.807) is 6.07 Å². The minimum Gasteiger partial charge on any atom is -0.478 e. The van der Waals surface area contributed by atoms with Gasteiger partial charge in [-0.2, -0.15) is 8.78 Å². The number of hydrogen-bond acceptors (Lipinski definition) is 3. The first-order valence-electron chi connectivity index (χ1n) is 5.64. The van der Waals surface area contributed by atoms with Gasteiger partial charge in [0.2, 0.25) is 0 Å². The number of carbonyl (C=O) groups is 1. The first-order chi connectivity index (χ1) is 8.90. The van der Waals surface area contributed by atoms with Gasteiger partial charge in [0, 0.05) is 11.3 Å². The van der Waals surface area contributed by atoms with Crippen molar-refractivity contribution in [2.24, 2.45) is 0 Å². The van der Waals surface area contributed by atoms with E-state index in [0.29, 0.717) is 5.76 Å². The molecule has 0 aliphatic carbocycles. The van der Waals surface area contributed by atoms with Crippen LogP contribution in [0.15, 0.2) is 22.6 Å². The number of halogens is 2. The van der Waals surface area contributed by atoms with Gasteiger partial charge in [0.25, 0.3) is 0 Å². The average molecular weight is 270 g/mol. The fourth-order valence-electron chi connectivity index (χ4n) is 1.78. The minimum absolute atomic E-state index is 0.00716. The molecule has 6 heteroatoms. The lowest BCUT2D eigenvalue weighted by atomic mass is 10.1. The second-order valence-electron chi connectivity index (χ2n) is 4.34. The average Bonchev–Trinajstić information content (AvgIpc) is 2.73. The third-order valence-corrected chi connectivity index (χ3v) is 2.68. The predicted octanol–water partition coefficient (Wildman–Crippen LogP) is 3.86. The normalized spacial score (nSPS) is 11.5. The predicted molar refractivity (Wildman–Crippen MR) is 63.9 cm³/mol. The third kappa shape index (κ3) is 2.52. The largest absolute Gasteiger partial charge is 0.478 e. The Balaban J connectivity index is 2.67. The van der Waals surface area contributed by atoms with Gasteiger partial charge >= 0.3 is 12.6 Å². The van der Waals surface area contributed by atoms with Crippen molar-refractivity contribution in [1.29, 1.82) is 0 Å². The molecule has 2 aromatic rings. The first kappa shape index (κ1) is 13.3. The SMILES string of the molecule is CC(C)c1cc2c(C(=O)O)ccc(OC(F)F)c2o1. The number of alkyl halides is 2. The van der Waals surface area contributed by atoms with E-state index in [4.69, 9.17) is 9.52 Å². The fraction of sp³-hybridized carbons (Fsp3) is 0.308. The highest BCUT2D eigenvalue weighted by atomic mass is 19.3. The zero-order chi connectivity index (χ0) is 14.2. The van der Waals surface area contributed by atoms with Crippen LogP contribution in [0.4, 0.5) is 8.78 Å². The molecule has 2 rings (SSSR count). The number of aromatic carboxylic acids is 1. The lowest BCUT2D eigenvalue weighted by Gasteiger charge is -2.05. The molecule has 0 saturated carbocycles. The summed E-state index contributed by atoms with van der Waals surface area (Å²) in [5.74, 6) is -0.789. The summed E-state index contributed by atoms with van der Waals surface area (Å²) in [5.41, 5.74) is 0.0242. The maximum Gasteiger partial charge on any atom is 0.387 e. The van der Waals surface area contributed by atoms with Crippen LogP contribution in [0.2, 0.25) is 0 Å². The number of ether oxygens (including phenoxy) is 1. The molecule has 1 N–H and O–H groups in total. The Labute approximate surface area is 107 Å². The Morgan fingerprint density at radius 2 is 2.05 bits per heavy atom. The van der Waals surface area contributed by atoms with Crippen LogP contribution in [0, 0.1) is 0 Å². The van der Waals surface area contributed by atoms with Crippen LogP contribution in [0.5, 0.6) is 5.75 Å². The lowest BCUT2D eigenvalue weighted by Crippen LogP contribution is -2.03. The van der Waals surface area contributed by atoms with Gasteiger partial charge in [-0.1, -0.05) is 13.8 Å². The van der Waals surface area contributed by atoms with Crippen molar-refractivity contribution in [3.05, 3.63) is 29.5 Å². The van der Waals surface area contributed by atoms with Crippen molar-refractivity contribution in [3.63, 3.8) is 0 Å². The van der Waals surface area contributed by atoms with Crippen molar-refractivity contribution in [3.8, 4) is 5.75 Å². The highest BCUT2D eigenvalue weighted by Crippen LogP contribution is 2.34. The molecule has 19 heavy (non-hydrogen) atoms. The van der Waals surface area contributed by atoms with E-state index in [9.17, 15) is 13.6 Å². The maximum absolute atomic E-state index is 12.3. The minimum atomic E-state index is -2.99. The molecule has 0 amide bonds. The first-order valence-corrected chi connectivity index (χ1v) is 5.64. The van der Waals surface area contributed by atoms with Gasteiger partial charge in [-0.3, -0.25) is 0 Å². The Bertz CT molecular complexity index is 616. The van der Waals surface area contributed by atoms with Crippen LogP contribution >= 0.6 is 0 Å². The van der Waals surface area contributed by atoms with E-state index in [-0.39, 0.29) is 28.2 Å². The Morgan fingerprint density at radius 1 is 1.37 bits per heavy atom. The maximum atomic E-state index is 12.3. The number of hydrogen-bond donors (Lipinski definition) is 1. The van der Waals surface area contributed by atoms with Crippen LogP contribution in [0.1, 0.15) is 35.9 Å². The molecule has 1 aromatic carbocycles. The summed E-state index contributed by atoms with van der Waals surface area (Å²) in [6.45, 7) is 0.712. The Morgan fingerprint density at radius 3 is 2.58 bits per heavy atom. The van der Waals surface area contributed by atoms with Crippen LogP contribution < -0.4 is 4.74 Å². The highest BCUT2D eigenvalue weighted by Gasteiger charge is 2.19. The van der Waals surface area contributed by atoms with Crippen molar-refractivity contribution < 1.29 is 27.8 Å². The topological polar surface area (TPSA) is 59.7 Å². The van der Waals surface area contributed by atoms with Gasteiger partial charge in [-0.25, -0.2) is 4.79 Å². The number of fused-ring (bicyclic) bond motifs is 1. The molecule has 0 fully saturated rings. The van der Waals surface area contributed by atoms with E-state index in [1.807, 2.05) is 13.8 Å². The molecule has 0 atom stereocenters.